The van der Waals surface area contributed by atoms with Crippen LogP contribution in [0.15, 0.2) is 79.1 Å². The lowest BCUT2D eigenvalue weighted by atomic mass is 9.97. The van der Waals surface area contributed by atoms with Gasteiger partial charge in [0.05, 0.1) is 33.2 Å². The van der Waals surface area contributed by atoms with E-state index in [0.29, 0.717) is 31.0 Å². The smallest absolute Gasteiger partial charge is 0.233 e. The number of aromatic amines is 2. The monoisotopic (exact) mass is 577 g/mol. The number of nitrogens with two attached hydrogens (primary N) is 1. The Balaban J connectivity index is 1.43. The number of hydrogen-bond donors (Lipinski definition) is 4. The molecule has 0 saturated carbocycles. The first-order valence-corrected chi connectivity index (χ1v) is 14.3. The zero-order valence-electron chi connectivity index (χ0n) is 24.3. The number of benzene rings is 3. The maximum atomic E-state index is 12.3. The number of amides is 1. The van der Waals surface area contributed by atoms with Gasteiger partial charge < -0.3 is 35.1 Å². The molecule has 43 heavy (non-hydrogen) atoms. The summed E-state index contributed by atoms with van der Waals surface area (Å²) in [5.74, 6) is 2.49. The minimum atomic E-state index is -0.287. The number of carbonyl (C=O) groups is 1. The number of nitrogens with zero attached hydrogens (tertiary/aromatic N) is 3. The second-order valence-electron chi connectivity index (χ2n) is 10.4. The summed E-state index contributed by atoms with van der Waals surface area (Å²) in [6.07, 6.45) is 5.51. The molecule has 3 aromatic carbocycles. The van der Waals surface area contributed by atoms with Crippen molar-refractivity contribution in [2.24, 2.45) is 5.73 Å². The average Bonchev–Trinajstić information content (AvgIpc) is 3.78. The van der Waals surface area contributed by atoms with Gasteiger partial charge in [-0.1, -0.05) is 36.4 Å². The largest absolute Gasteiger partial charge is 0.497 e. The highest BCUT2D eigenvalue weighted by atomic mass is 16.5. The maximum Gasteiger partial charge on any atom is 0.233 e. The van der Waals surface area contributed by atoms with Crippen molar-refractivity contribution in [2.45, 2.75) is 25.3 Å². The number of fused-ring (bicyclic) bond motifs is 2. The van der Waals surface area contributed by atoms with Gasteiger partial charge in [-0.2, -0.15) is 0 Å². The molecule has 0 aliphatic carbocycles. The van der Waals surface area contributed by atoms with Gasteiger partial charge in [-0.05, 0) is 41.8 Å². The fourth-order valence-corrected chi connectivity index (χ4v) is 5.71. The summed E-state index contributed by atoms with van der Waals surface area (Å²) in [5, 5.41) is 14.8. The zero-order chi connectivity index (χ0) is 29.8. The number of para-hydroxylation sites is 2. The van der Waals surface area contributed by atoms with Crippen molar-refractivity contribution < 1.29 is 14.3 Å². The van der Waals surface area contributed by atoms with Gasteiger partial charge in [0.25, 0.3) is 0 Å². The van der Waals surface area contributed by atoms with E-state index in [4.69, 9.17) is 25.4 Å². The Morgan fingerprint density at radius 2 is 1.65 bits per heavy atom. The maximum absolute atomic E-state index is 12.3. The first-order valence-electron chi connectivity index (χ1n) is 14.3. The van der Waals surface area contributed by atoms with Crippen LogP contribution in [0.1, 0.15) is 34.3 Å². The van der Waals surface area contributed by atoms with Crippen molar-refractivity contribution in [1.82, 2.24) is 30.0 Å². The van der Waals surface area contributed by atoms with E-state index in [0.717, 1.165) is 45.6 Å². The molecule has 6 rings (SSSR count). The van der Waals surface area contributed by atoms with Crippen molar-refractivity contribution in [1.29, 1.82) is 0 Å². The van der Waals surface area contributed by atoms with Crippen LogP contribution in [0.3, 0.4) is 0 Å². The van der Waals surface area contributed by atoms with Crippen LogP contribution in [0.4, 0.5) is 0 Å². The minimum Gasteiger partial charge on any atom is -0.497 e. The highest BCUT2D eigenvalue weighted by molar-refractivity contribution is 5.84. The molecule has 5 N–H and O–H groups in total. The molecule has 0 radical (unpaired) electrons. The summed E-state index contributed by atoms with van der Waals surface area (Å²) in [7, 11) is 3.29. The minimum absolute atomic E-state index is 0.0911. The van der Waals surface area contributed by atoms with Gasteiger partial charge in [0.1, 0.15) is 23.1 Å². The SMILES string of the molecule is COc1ccc(Cn2c(CCc3c[nH]c4ccccc34)nnc2C(CNC(=O)CN)c2c[nH]c3ccccc23)c(OC)c1. The molecule has 1 amide bonds. The Kier molecular flexibility index (Phi) is 8.10. The topological polar surface area (TPSA) is 136 Å². The number of hydrogen-bond acceptors (Lipinski definition) is 6. The molecule has 0 aliphatic rings. The highest BCUT2D eigenvalue weighted by Gasteiger charge is 2.27. The highest BCUT2D eigenvalue weighted by Crippen LogP contribution is 2.32. The molecule has 6 aromatic rings. The van der Waals surface area contributed by atoms with E-state index in [1.807, 2.05) is 48.7 Å². The fraction of sp³-hybridized carbons (Fsp3) is 0.242. The van der Waals surface area contributed by atoms with E-state index in [9.17, 15) is 4.79 Å². The van der Waals surface area contributed by atoms with Gasteiger partial charge in [0.2, 0.25) is 5.91 Å². The summed E-state index contributed by atoms with van der Waals surface area (Å²) in [5.41, 5.74) is 11.0. The normalized spacial score (nSPS) is 12.1. The summed E-state index contributed by atoms with van der Waals surface area (Å²) < 4.78 is 13.3. The number of carbonyl (C=O) groups excluding carboxylic acids is 1. The van der Waals surface area contributed by atoms with E-state index in [1.165, 1.54) is 10.9 Å². The number of ether oxygens (including phenoxy) is 2. The molecule has 0 aliphatic heterocycles. The number of nitrogens with one attached hydrogen (secondary N) is 3. The Hall–Kier alpha value is -5.09. The molecule has 0 fully saturated rings. The van der Waals surface area contributed by atoms with Gasteiger partial charge in [-0.25, -0.2) is 0 Å². The lowest BCUT2D eigenvalue weighted by molar-refractivity contribution is -0.119. The van der Waals surface area contributed by atoms with Crippen LogP contribution in [0.5, 0.6) is 11.5 Å². The van der Waals surface area contributed by atoms with Gasteiger partial charge in [0, 0.05) is 58.8 Å². The molecule has 0 spiro atoms. The molecule has 220 valence electrons. The van der Waals surface area contributed by atoms with Gasteiger partial charge >= 0.3 is 0 Å². The van der Waals surface area contributed by atoms with Crippen LogP contribution in [0.2, 0.25) is 0 Å². The summed E-state index contributed by atoms with van der Waals surface area (Å²) in [6, 6.07) is 22.2. The van der Waals surface area contributed by atoms with E-state index < -0.39 is 0 Å². The number of aromatic nitrogens is 5. The zero-order valence-corrected chi connectivity index (χ0v) is 24.3. The molecular formula is C33H35N7O3. The van der Waals surface area contributed by atoms with Crippen molar-refractivity contribution in [3.63, 3.8) is 0 Å². The average molecular weight is 578 g/mol. The standard InChI is InChI=1S/C33H35N7O3/c1-42-23-13-11-22(30(15-23)43-2)20-40-31(14-12-21-17-35-28-9-5-3-7-24(21)28)38-39-33(40)27(19-37-32(41)16-34)26-18-36-29-10-6-4-8-25(26)29/h3-11,13,15,17-18,27,35-36H,12,14,16,19-20,34H2,1-2H3,(H,37,41). The molecule has 3 heterocycles. The van der Waals surface area contributed by atoms with Crippen LogP contribution in [-0.2, 0) is 24.2 Å². The third-order valence-electron chi connectivity index (χ3n) is 7.97. The van der Waals surface area contributed by atoms with Crippen LogP contribution < -0.4 is 20.5 Å². The van der Waals surface area contributed by atoms with Crippen LogP contribution in [0.25, 0.3) is 21.8 Å². The van der Waals surface area contributed by atoms with E-state index in [1.54, 1.807) is 14.2 Å². The Morgan fingerprint density at radius 1 is 0.907 bits per heavy atom. The second-order valence-corrected chi connectivity index (χ2v) is 10.4. The molecule has 1 atom stereocenters. The predicted octanol–water partition coefficient (Wildman–Crippen LogP) is 4.30. The molecule has 10 nitrogen and oxygen atoms in total. The van der Waals surface area contributed by atoms with Crippen molar-refractivity contribution in [2.75, 3.05) is 27.3 Å². The van der Waals surface area contributed by atoms with Crippen LogP contribution >= 0.6 is 0 Å². The van der Waals surface area contributed by atoms with Gasteiger partial charge in [-0.15, -0.1) is 10.2 Å². The first-order chi connectivity index (χ1) is 21.1. The number of aryl methyl sites for hydroxylation is 2. The van der Waals surface area contributed by atoms with E-state index in [2.05, 4.69) is 50.3 Å². The second kappa shape index (κ2) is 12.4. The van der Waals surface area contributed by atoms with Gasteiger partial charge in [-0.3, -0.25) is 4.79 Å². The summed E-state index contributed by atoms with van der Waals surface area (Å²) in [6.45, 7) is 0.701. The molecule has 10 heteroatoms. The van der Waals surface area contributed by atoms with E-state index in [-0.39, 0.29) is 18.4 Å². The van der Waals surface area contributed by atoms with Crippen molar-refractivity contribution >= 4 is 27.7 Å². The van der Waals surface area contributed by atoms with Crippen molar-refractivity contribution in [3.8, 4) is 11.5 Å². The fourth-order valence-electron chi connectivity index (χ4n) is 5.71. The molecular weight excluding hydrogens is 542 g/mol. The van der Waals surface area contributed by atoms with Gasteiger partial charge in [0.15, 0.2) is 0 Å². The number of rotatable bonds is 12. The lowest BCUT2D eigenvalue weighted by Crippen LogP contribution is -2.34. The molecule has 3 aromatic heterocycles. The quantitative estimate of drug-likeness (QED) is 0.171. The van der Waals surface area contributed by atoms with Crippen molar-refractivity contribution in [3.05, 3.63) is 107 Å². The number of methoxy groups -OCH3 is 2. The Morgan fingerprint density at radius 3 is 2.42 bits per heavy atom. The lowest BCUT2D eigenvalue weighted by Gasteiger charge is -2.20. The third kappa shape index (κ3) is 5.69. The number of H-pyrrole nitrogens is 2. The Labute approximate surface area is 249 Å². The van der Waals surface area contributed by atoms with Crippen LogP contribution in [0, 0.1) is 0 Å². The van der Waals surface area contributed by atoms with E-state index >= 15 is 0 Å². The first kappa shape index (κ1) is 28.0. The molecule has 0 bridgehead atoms. The predicted molar refractivity (Wildman–Crippen MR) is 167 cm³/mol. The molecule has 0 saturated heterocycles. The Bertz CT molecular complexity index is 1870. The van der Waals surface area contributed by atoms with Crippen LogP contribution in [-0.4, -0.2) is 57.9 Å². The molecule has 1 unspecified atom stereocenters. The summed E-state index contributed by atoms with van der Waals surface area (Å²) >= 11 is 0. The summed E-state index contributed by atoms with van der Waals surface area (Å²) in [4.78, 5) is 19.1. The third-order valence-corrected chi connectivity index (χ3v) is 7.97.